The van der Waals surface area contributed by atoms with E-state index in [-0.39, 0.29) is 11.6 Å². The van der Waals surface area contributed by atoms with Gasteiger partial charge in [0.25, 0.3) is 0 Å². The van der Waals surface area contributed by atoms with E-state index in [0.29, 0.717) is 17.3 Å². The number of imidazole rings is 1. The Morgan fingerprint density at radius 3 is 2.69 bits per heavy atom. The van der Waals surface area contributed by atoms with Crippen LogP contribution in [0.2, 0.25) is 0 Å². The van der Waals surface area contributed by atoms with Crippen LogP contribution in [0.15, 0.2) is 43.0 Å². The first-order valence-corrected chi connectivity index (χ1v) is 8.35. The Balaban J connectivity index is 1.88. The highest BCUT2D eigenvalue weighted by atomic mass is 16.4. The maximum absolute atomic E-state index is 11.1. The van der Waals surface area contributed by atoms with E-state index in [1.165, 1.54) is 18.3 Å². The predicted octanol–water partition coefficient (Wildman–Crippen LogP) is 2.92. The van der Waals surface area contributed by atoms with Gasteiger partial charge in [-0.15, -0.1) is 0 Å². The molecule has 1 atom stereocenters. The molecule has 0 spiro atoms. The van der Waals surface area contributed by atoms with Crippen molar-refractivity contribution in [2.24, 2.45) is 7.05 Å². The molecule has 0 bridgehead atoms. The zero-order chi connectivity index (χ0) is 18.5. The molecule has 3 aromatic rings. The number of carboxylic acids is 1. The summed E-state index contributed by atoms with van der Waals surface area (Å²) in [5.74, 6) is 0.358. The molecular formula is C18H20N6O2. The maximum Gasteiger partial charge on any atom is 0.335 e. The molecule has 3 aromatic heterocycles. The van der Waals surface area contributed by atoms with Gasteiger partial charge in [-0.25, -0.2) is 19.7 Å². The normalized spacial score (nSPS) is 11.9. The van der Waals surface area contributed by atoms with E-state index in [9.17, 15) is 4.79 Å². The fourth-order valence-electron chi connectivity index (χ4n) is 2.70. The molecule has 26 heavy (non-hydrogen) atoms. The van der Waals surface area contributed by atoms with E-state index >= 15 is 0 Å². The van der Waals surface area contributed by atoms with E-state index in [0.717, 1.165) is 18.7 Å². The van der Waals surface area contributed by atoms with Crippen LogP contribution in [0.5, 0.6) is 0 Å². The average molecular weight is 352 g/mol. The predicted molar refractivity (Wildman–Crippen MR) is 96.7 cm³/mol. The van der Waals surface area contributed by atoms with Gasteiger partial charge in [-0.3, -0.25) is 4.98 Å². The van der Waals surface area contributed by atoms with Crippen LogP contribution >= 0.6 is 0 Å². The number of aromatic nitrogens is 5. The van der Waals surface area contributed by atoms with Crippen LogP contribution in [0.1, 0.15) is 42.0 Å². The number of nitrogens with zero attached hydrogens (tertiary/aromatic N) is 5. The van der Waals surface area contributed by atoms with Gasteiger partial charge < -0.3 is 15.0 Å². The second-order valence-electron chi connectivity index (χ2n) is 5.88. The van der Waals surface area contributed by atoms with Crippen molar-refractivity contribution in [3.63, 3.8) is 0 Å². The van der Waals surface area contributed by atoms with Crippen molar-refractivity contribution in [1.82, 2.24) is 24.5 Å². The third-order valence-corrected chi connectivity index (χ3v) is 3.98. The largest absolute Gasteiger partial charge is 0.478 e. The highest BCUT2D eigenvalue weighted by molar-refractivity contribution is 5.88. The third-order valence-electron chi connectivity index (χ3n) is 3.98. The van der Waals surface area contributed by atoms with E-state index in [1.807, 2.05) is 17.8 Å². The molecule has 0 aliphatic rings. The average Bonchev–Trinajstić information content (AvgIpc) is 3.07. The Bertz CT molecular complexity index is 908. The number of rotatable bonds is 7. The summed E-state index contributed by atoms with van der Waals surface area (Å²) < 4.78 is 1.97. The number of carbonyl (C=O) groups is 1. The number of hydrogen-bond donors (Lipinski definition) is 2. The fraction of sp³-hybridized carbons (Fsp3) is 0.278. The first-order valence-electron chi connectivity index (χ1n) is 8.35. The van der Waals surface area contributed by atoms with Gasteiger partial charge in [-0.2, -0.15) is 0 Å². The molecule has 0 aromatic carbocycles. The zero-order valence-electron chi connectivity index (χ0n) is 14.6. The first kappa shape index (κ1) is 17.5. The molecule has 8 heteroatoms. The molecule has 0 fully saturated rings. The van der Waals surface area contributed by atoms with Crippen LogP contribution in [0.3, 0.4) is 0 Å². The summed E-state index contributed by atoms with van der Waals surface area (Å²) in [6, 6.07) is 4.63. The van der Waals surface area contributed by atoms with Gasteiger partial charge in [0.1, 0.15) is 5.82 Å². The van der Waals surface area contributed by atoms with Crippen molar-refractivity contribution >= 4 is 11.9 Å². The second kappa shape index (κ2) is 7.73. The molecule has 0 saturated carbocycles. The summed E-state index contributed by atoms with van der Waals surface area (Å²) in [5, 5.41) is 12.5. The molecule has 8 nitrogen and oxygen atoms in total. The van der Waals surface area contributed by atoms with Gasteiger partial charge in [-0.05, 0) is 24.6 Å². The molecule has 3 rings (SSSR count). The van der Waals surface area contributed by atoms with Gasteiger partial charge in [0.15, 0.2) is 0 Å². The number of carboxylic acid groups (broad SMARTS) is 1. The van der Waals surface area contributed by atoms with Crippen molar-refractivity contribution in [3.8, 4) is 11.4 Å². The van der Waals surface area contributed by atoms with E-state index in [4.69, 9.17) is 5.11 Å². The lowest BCUT2D eigenvalue weighted by molar-refractivity contribution is 0.0697. The summed E-state index contributed by atoms with van der Waals surface area (Å²) in [7, 11) is 1.95. The maximum atomic E-state index is 11.1. The standard InChI is InChI=1S/C18H20N6O2/c1-3-4-14(16-20-9-10-24(16)2)23-18-21-8-6-13(22-18)15-11-12(17(25)26)5-7-19-15/h5-11,14H,3-4H2,1-2H3,(H,25,26)(H,21,22,23). The molecular weight excluding hydrogens is 332 g/mol. The Morgan fingerprint density at radius 2 is 2.00 bits per heavy atom. The van der Waals surface area contributed by atoms with Crippen LogP contribution < -0.4 is 5.32 Å². The fourth-order valence-corrected chi connectivity index (χ4v) is 2.70. The molecule has 0 aliphatic carbocycles. The summed E-state index contributed by atoms with van der Waals surface area (Å²) >= 11 is 0. The minimum Gasteiger partial charge on any atom is -0.478 e. The van der Waals surface area contributed by atoms with Crippen molar-refractivity contribution in [2.75, 3.05) is 5.32 Å². The molecule has 0 saturated heterocycles. The summed E-state index contributed by atoms with van der Waals surface area (Å²) in [5.41, 5.74) is 1.21. The van der Waals surface area contributed by atoms with Crippen LogP contribution in [-0.2, 0) is 7.05 Å². The molecule has 1 unspecified atom stereocenters. The van der Waals surface area contributed by atoms with E-state index in [2.05, 4.69) is 32.2 Å². The Kier molecular flexibility index (Phi) is 5.21. The zero-order valence-corrected chi connectivity index (χ0v) is 14.6. The lowest BCUT2D eigenvalue weighted by atomic mass is 10.1. The van der Waals surface area contributed by atoms with E-state index in [1.54, 1.807) is 18.5 Å². The summed E-state index contributed by atoms with van der Waals surface area (Å²) in [6.07, 6.45) is 8.61. The highest BCUT2D eigenvalue weighted by Crippen LogP contribution is 2.22. The Morgan fingerprint density at radius 1 is 1.19 bits per heavy atom. The van der Waals surface area contributed by atoms with Crippen LogP contribution in [0.25, 0.3) is 11.4 Å². The highest BCUT2D eigenvalue weighted by Gasteiger charge is 2.17. The summed E-state index contributed by atoms with van der Waals surface area (Å²) in [6.45, 7) is 2.11. The molecule has 2 N–H and O–H groups in total. The van der Waals surface area contributed by atoms with Crippen LogP contribution in [-0.4, -0.2) is 35.6 Å². The number of aryl methyl sites for hydroxylation is 1. The molecule has 0 radical (unpaired) electrons. The van der Waals surface area contributed by atoms with Crippen LogP contribution in [0.4, 0.5) is 5.95 Å². The van der Waals surface area contributed by atoms with Gasteiger partial charge in [0.05, 0.1) is 23.0 Å². The van der Waals surface area contributed by atoms with E-state index < -0.39 is 5.97 Å². The molecule has 0 aliphatic heterocycles. The number of nitrogens with one attached hydrogen (secondary N) is 1. The lowest BCUT2D eigenvalue weighted by Crippen LogP contribution is -2.17. The van der Waals surface area contributed by atoms with Gasteiger partial charge in [0, 0.05) is 31.8 Å². The van der Waals surface area contributed by atoms with Crippen molar-refractivity contribution in [3.05, 3.63) is 54.4 Å². The quantitative estimate of drug-likeness (QED) is 0.673. The van der Waals surface area contributed by atoms with Gasteiger partial charge in [0.2, 0.25) is 5.95 Å². The number of anilines is 1. The Labute approximate surface area is 151 Å². The number of hydrogen-bond acceptors (Lipinski definition) is 6. The third kappa shape index (κ3) is 3.85. The van der Waals surface area contributed by atoms with Gasteiger partial charge >= 0.3 is 5.97 Å². The molecule has 3 heterocycles. The minimum absolute atomic E-state index is 0.0198. The van der Waals surface area contributed by atoms with Gasteiger partial charge in [-0.1, -0.05) is 13.3 Å². The first-order chi connectivity index (χ1) is 12.6. The number of aromatic carboxylic acids is 1. The smallest absolute Gasteiger partial charge is 0.335 e. The number of pyridine rings is 1. The molecule has 134 valence electrons. The lowest BCUT2D eigenvalue weighted by Gasteiger charge is -2.18. The van der Waals surface area contributed by atoms with Crippen molar-refractivity contribution in [2.45, 2.75) is 25.8 Å². The van der Waals surface area contributed by atoms with Crippen molar-refractivity contribution in [1.29, 1.82) is 0 Å². The Hall–Kier alpha value is -3.29. The SMILES string of the molecule is CCCC(Nc1nccc(-c2cc(C(=O)O)ccn2)n1)c1nccn1C. The summed E-state index contributed by atoms with van der Waals surface area (Å²) in [4.78, 5) is 28.5. The minimum atomic E-state index is -1.00. The van der Waals surface area contributed by atoms with Crippen LogP contribution in [0, 0.1) is 0 Å². The molecule has 0 amide bonds. The van der Waals surface area contributed by atoms with Crippen molar-refractivity contribution < 1.29 is 9.90 Å². The topological polar surface area (TPSA) is 106 Å². The monoisotopic (exact) mass is 352 g/mol. The second-order valence-corrected chi connectivity index (χ2v) is 5.88.